The van der Waals surface area contributed by atoms with Crippen LogP contribution in [0.4, 0.5) is 4.79 Å². The van der Waals surface area contributed by atoms with Crippen LogP contribution in [0.3, 0.4) is 0 Å². The maximum absolute atomic E-state index is 14.0. The highest BCUT2D eigenvalue weighted by molar-refractivity contribution is 6.51. The van der Waals surface area contributed by atoms with Gasteiger partial charge in [0, 0.05) is 18.4 Å². The lowest BCUT2D eigenvalue weighted by Crippen LogP contribution is -2.60. The van der Waals surface area contributed by atoms with E-state index in [0.29, 0.717) is 6.42 Å². The molecule has 12 heteroatoms. The number of alkyl halides is 2. The second-order valence-electron chi connectivity index (χ2n) is 12.2. The predicted molar refractivity (Wildman–Crippen MR) is 140 cm³/mol. The van der Waals surface area contributed by atoms with Gasteiger partial charge >= 0.3 is 6.09 Å². The van der Waals surface area contributed by atoms with Gasteiger partial charge in [-0.25, -0.2) is 4.79 Å². The summed E-state index contributed by atoms with van der Waals surface area (Å²) in [5, 5.41) is 5.44. The fourth-order valence-corrected chi connectivity index (χ4v) is 6.77. The van der Waals surface area contributed by atoms with Gasteiger partial charge in [0.25, 0.3) is 5.91 Å². The van der Waals surface area contributed by atoms with Crippen molar-refractivity contribution in [2.45, 2.75) is 100 Å². The zero-order valence-electron chi connectivity index (χ0n) is 22.1. The third kappa shape index (κ3) is 6.38. The molecule has 3 saturated carbocycles. The Morgan fingerprint density at radius 3 is 2.21 bits per heavy atom. The fourth-order valence-electron chi connectivity index (χ4n) is 5.94. The van der Waals surface area contributed by atoms with E-state index in [-0.39, 0.29) is 24.3 Å². The molecular weight excluding hydrogens is 535 g/mol. The summed E-state index contributed by atoms with van der Waals surface area (Å²) in [4.78, 5) is 65.8. The Hall–Kier alpha value is -2.07. The normalized spacial score (nSPS) is 28.0. The van der Waals surface area contributed by atoms with Gasteiger partial charge in [-0.2, -0.15) is 0 Å². The number of rotatable bonds is 9. The number of nitrogens with one attached hydrogen (secondary N) is 2. The van der Waals surface area contributed by atoms with Gasteiger partial charge in [0.05, 0.1) is 6.04 Å². The van der Waals surface area contributed by atoms with E-state index in [1.54, 1.807) is 20.8 Å². The highest BCUT2D eigenvalue weighted by Gasteiger charge is 2.74. The second kappa shape index (κ2) is 10.8. The third-order valence-corrected chi connectivity index (χ3v) is 9.15. The number of carbonyl (C=O) groups is 5. The molecule has 4 fully saturated rings. The van der Waals surface area contributed by atoms with Crippen LogP contribution in [0.5, 0.6) is 0 Å². The minimum Gasteiger partial charge on any atom is -0.444 e. The molecule has 1 saturated heterocycles. The van der Waals surface area contributed by atoms with Gasteiger partial charge in [-0.05, 0) is 51.9 Å². The van der Waals surface area contributed by atoms with Crippen molar-refractivity contribution in [1.29, 1.82) is 0 Å². The first kappa shape index (κ1) is 28.9. The minimum atomic E-state index is -1.18. The Balaban J connectivity index is 1.55. The fraction of sp³-hybridized carbons (Fsp3) is 0.808. The van der Waals surface area contributed by atoms with Crippen LogP contribution in [0, 0.1) is 23.7 Å². The van der Waals surface area contributed by atoms with E-state index < -0.39 is 63.6 Å². The molecule has 38 heavy (non-hydrogen) atoms. The van der Waals surface area contributed by atoms with E-state index in [1.165, 1.54) is 4.90 Å². The number of nitrogens with zero attached hydrogens (tertiary/aromatic N) is 1. The quantitative estimate of drug-likeness (QED) is 0.285. The lowest BCUT2D eigenvalue weighted by Gasteiger charge is -2.36. The standard InChI is InChI=1S/C26H38Cl2N4O6/c1-25(2,3)38-24(37)31-18(14-7-5-4-6-8-14)23(36)32-12-15-17(26(15,27)28)19(32)22(35)30-16(11-13-9-10-13)20(33)21(29)34/h13-19H,4-12H2,1-3H3,(H2,29,34)(H,30,35)(H,31,37)/t15-,16?,17-,18?,19+/m1/s1. The maximum Gasteiger partial charge on any atom is 0.408 e. The summed E-state index contributed by atoms with van der Waals surface area (Å²) in [6, 6.07) is -3.00. The zero-order valence-corrected chi connectivity index (χ0v) is 23.6. The Morgan fingerprint density at radius 2 is 1.66 bits per heavy atom. The number of Topliss-reactive ketones (excluding diaryl/α,β-unsaturated/α-hetero) is 1. The number of piperidine rings is 1. The van der Waals surface area contributed by atoms with Gasteiger partial charge < -0.3 is 26.0 Å². The molecule has 1 heterocycles. The highest BCUT2D eigenvalue weighted by atomic mass is 35.5. The van der Waals surface area contributed by atoms with Crippen molar-refractivity contribution in [2.75, 3.05) is 6.54 Å². The molecule has 10 nitrogen and oxygen atoms in total. The number of amides is 4. The number of halogens is 2. The van der Waals surface area contributed by atoms with Crippen LogP contribution in [0.1, 0.15) is 72.1 Å². The van der Waals surface area contributed by atoms with Crippen LogP contribution in [-0.4, -0.2) is 69.1 Å². The molecular formula is C26H38Cl2N4O6. The van der Waals surface area contributed by atoms with Crippen molar-refractivity contribution >= 4 is 52.8 Å². The van der Waals surface area contributed by atoms with Crippen molar-refractivity contribution in [2.24, 2.45) is 29.4 Å². The van der Waals surface area contributed by atoms with Crippen LogP contribution in [0.15, 0.2) is 0 Å². The van der Waals surface area contributed by atoms with Crippen molar-refractivity contribution in [1.82, 2.24) is 15.5 Å². The van der Waals surface area contributed by atoms with E-state index in [0.717, 1.165) is 44.9 Å². The summed E-state index contributed by atoms with van der Waals surface area (Å²) in [5.41, 5.74) is 4.48. The number of hydrogen-bond donors (Lipinski definition) is 3. The summed E-state index contributed by atoms with van der Waals surface area (Å²) in [6.45, 7) is 5.36. The lowest BCUT2D eigenvalue weighted by atomic mass is 9.83. The number of likely N-dealkylation sites (tertiary alicyclic amines) is 1. The monoisotopic (exact) mass is 572 g/mol. The summed E-state index contributed by atoms with van der Waals surface area (Å²) in [6.07, 6.45) is 5.86. The highest BCUT2D eigenvalue weighted by Crippen LogP contribution is 2.65. The summed E-state index contributed by atoms with van der Waals surface area (Å²) < 4.78 is 4.25. The first-order valence-electron chi connectivity index (χ1n) is 13.5. The van der Waals surface area contributed by atoms with Crippen LogP contribution >= 0.6 is 23.2 Å². The second-order valence-corrected chi connectivity index (χ2v) is 13.7. The molecule has 5 atom stereocenters. The molecule has 2 unspecified atom stereocenters. The molecule has 212 valence electrons. The minimum absolute atomic E-state index is 0.111. The first-order valence-corrected chi connectivity index (χ1v) is 14.3. The van der Waals surface area contributed by atoms with Gasteiger partial charge in [-0.3, -0.25) is 19.2 Å². The number of ether oxygens (including phenoxy) is 1. The number of nitrogens with two attached hydrogens (primary N) is 1. The maximum atomic E-state index is 14.0. The molecule has 0 aromatic rings. The van der Waals surface area contributed by atoms with Gasteiger partial charge in [0.15, 0.2) is 0 Å². The molecule has 0 aromatic heterocycles. The molecule has 1 aliphatic heterocycles. The Labute approximate surface area is 233 Å². The average Bonchev–Trinajstić information content (AvgIpc) is 3.68. The predicted octanol–water partition coefficient (Wildman–Crippen LogP) is 2.43. The Bertz CT molecular complexity index is 989. The average molecular weight is 574 g/mol. The number of alkyl carbamates (subject to hydrolysis) is 1. The van der Waals surface area contributed by atoms with Gasteiger partial charge in [-0.1, -0.05) is 32.1 Å². The molecule has 4 N–H and O–H groups in total. The SMILES string of the molecule is CC(C)(C)OC(=O)NC(C(=O)N1C[C@@H]2[C@H]([C@H]1C(=O)NC(CC1CC1)C(=O)C(N)=O)C2(Cl)Cl)C1CCCCC1. The molecule has 0 bridgehead atoms. The number of hydrogen-bond acceptors (Lipinski definition) is 6. The summed E-state index contributed by atoms with van der Waals surface area (Å²) in [5.74, 6) is -3.74. The largest absolute Gasteiger partial charge is 0.444 e. The molecule has 0 spiro atoms. The Kier molecular flexibility index (Phi) is 8.25. The smallest absolute Gasteiger partial charge is 0.408 e. The molecule has 4 rings (SSSR count). The van der Waals surface area contributed by atoms with Gasteiger partial charge in [-0.15, -0.1) is 23.2 Å². The lowest BCUT2D eigenvalue weighted by molar-refractivity contribution is -0.144. The number of primary amides is 1. The van der Waals surface area contributed by atoms with E-state index in [1.807, 2.05) is 0 Å². The summed E-state index contributed by atoms with van der Waals surface area (Å²) in [7, 11) is 0. The van der Waals surface area contributed by atoms with E-state index in [2.05, 4.69) is 10.6 Å². The zero-order chi connectivity index (χ0) is 28.0. The topological polar surface area (TPSA) is 148 Å². The molecule has 4 amide bonds. The molecule has 0 radical (unpaired) electrons. The van der Waals surface area contributed by atoms with Crippen molar-refractivity contribution < 1.29 is 28.7 Å². The Morgan fingerprint density at radius 1 is 1.03 bits per heavy atom. The first-order chi connectivity index (χ1) is 17.7. The van der Waals surface area contributed by atoms with E-state index in [4.69, 9.17) is 33.7 Å². The number of carbonyl (C=O) groups excluding carboxylic acids is 5. The van der Waals surface area contributed by atoms with Crippen LogP contribution in [0.2, 0.25) is 0 Å². The van der Waals surface area contributed by atoms with E-state index in [9.17, 15) is 24.0 Å². The van der Waals surface area contributed by atoms with Gasteiger partial charge in [0.2, 0.25) is 17.6 Å². The number of fused-ring (bicyclic) bond motifs is 1. The molecule has 3 aliphatic carbocycles. The summed E-state index contributed by atoms with van der Waals surface area (Å²) >= 11 is 12.9. The van der Waals surface area contributed by atoms with Crippen LogP contribution in [-0.2, 0) is 23.9 Å². The van der Waals surface area contributed by atoms with Crippen LogP contribution < -0.4 is 16.4 Å². The van der Waals surface area contributed by atoms with Crippen molar-refractivity contribution in [3.63, 3.8) is 0 Å². The third-order valence-electron chi connectivity index (χ3n) is 8.09. The number of ketones is 1. The molecule has 4 aliphatic rings. The van der Waals surface area contributed by atoms with Crippen molar-refractivity contribution in [3.05, 3.63) is 0 Å². The van der Waals surface area contributed by atoms with Gasteiger partial charge in [0.1, 0.15) is 22.0 Å². The molecule has 0 aromatic carbocycles. The van der Waals surface area contributed by atoms with Crippen molar-refractivity contribution in [3.8, 4) is 0 Å². The van der Waals surface area contributed by atoms with Crippen LogP contribution in [0.25, 0.3) is 0 Å². The van der Waals surface area contributed by atoms with E-state index >= 15 is 0 Å².